The number of hydrogen-bond acceptors (Lipinski definition) is 6. The number of fused-ring (bicyclic) bond motifs is 2. The third-order valence-electron chi connectivity index (χ3n) is 6.43. The van der Waals surface area contributed by atoms with Crippen molar-refractivity contribution in [1.29, 1.82) is 0 Å². The molecule has 7 nitrogen and oxygen atoms in total. The molecular formula is C21H26N4O3. The summed E-state index contributed by atoms with van der Waals surface area (Å²) in [7, 11) is 0. The van der Waals surface area contributed by atoms with Gasteiger partial charge in [0.1, 0.15) is 5.56 Å². The van der Waals surface area contributed by atoms with Crippen LogP contribution in [0, 0.1) is 11.8 Å². The zero-order valence-electron chi connectivity index (χ0n) is 15.9. The topological polar surface area (TPSA) is 84.8 Å². The van der Waals surface area contributed by atoms with E-state index in [1.165, 1.54) is 0 Å². The van der Waals surface area contributed by atoms with Gasteiger partial charge in [-0.1, -0.05) is 35.5 Å². The monoisotopic (exact) mass is 382 g/mol. The van der Waals surface area contributed by atoms with Crippen LogP contribution in [0.15, 0.2) is 34.9 Å². The third kappa shape index (κ3) is 2.99. The second-order valence-corrected chi connectivity index (χ2v) is 8.06. The van der Waals surface area contributed by atoms with E-state index in [9.17, 15) is 4.79 Å². The third-order valence-corrected chi connectivity index (χ3v) is 6.43. The van der Waals surface area contributed by atoms with Crippen molar-refractivity contribution in [1.82, 2.24) is 10.1 Å². The van der Waals surface area contributed by atoms with Gasteiger partial charge >= 0.3 is 0 Å². The van der Waals surface area contributed by atoms with Gasteiger partial charge in [0, 0.05) is 37.8 Å². The Kier molecular flexibility index (Phi) is 4.56. The predicted octanol–water partition coefficient (Wildman–Crippen LogP) is 1.99. The molecule has 3 aliphatic rings. The van der Waals surface area contributed by atoms with Gasteiger partial charge in [0.2, 0.25) is 0 Å². The minimum Gasteiger partial charge on any atom is -0.378 e. The molecule has 3 heterocycles. The van der Waals surface area contributed by atoms with Crippen LogP contribution in [0.5, 0.6) is 0 Å². The highest BCUT2D eigenvalue weighted by Crippen LogP contribution is 2.38. The lowest BCUT2D eigenvalue weighted by molar-refractivity contribution is 0.0637. The molecule has 7 heteroatoms. The smallest absolute Gasteiger partial charge is 0.261 e. The Labute approximate surface area is 164 Å². The van der Waals surface area contributed by atoms with Crippen LogP contribution in [0.3, 0.4) is 0 Å². The Hall–Kier alpha value is -2.38. The van der Waals surface area contributed by atoms with E-state index in [0.717, 1.165) is 31.5 Å². The molecule has 148 valence electrons. The van der Waals surface area contributed by atoms with Crippen molar-refractivity contribution in [2.24, 2.45) is 17.6 Å². The standard InChI is InChI=1S/C21H26N4O3/c22-18-15-6-7-16(18)13-25(12-15)21(26)17-19(14-4-2-1-3-5-14)28-23-20(17)24-8-10-27-11-9-24/h1-5,15-16,18H,6-13,22H2/t15-,16+,18?. The lowest BCUT2D eigenvalue weighted by atomic mass is 9.92. The summed E-state index contributed by atoms with van der Waals surface area (Å²) in [6.45, 7) is 4.11. The first-order valence-corrected chi connectivity index (χ1v) is 10.1. The number of morpholine rings is 1. The number of aromatic nitrogens is 1. The Morgan fingerprint density at radius 1 is 1.07 bits per heavy atom. The minimum absolute atomic E-state index is 0.00500. The van der Waals surface area contributed by atoms with Gasteiger partial charge < -0.3 is 24.8 Å². The molecule has 2 aliphatic heterocycles. The summed E-state index contributed by atoms with van der Waals surface area (Å²) in [4.78, 5) is 17.7. The van der Waals surface area contributed by atoms with E-state index >= 15 is 0 Å². The molecule has 0 radical (unpaired) electrons. The largest absolute Gasteiger partial charge is 0.378 e. The van der Waals surface area contributed by atoms with Crippen molar-refractivity contribution in [3.8, 4) is 11.3 Å². The van der Waals surface area contributed by atoms with Gasteiger partial charge in [-0.05, 0) is 24.7 Å². The number of carbonyl (C=O) groups is 1. The summed E-state index contributed by atoms with van der Waals surface area (Å²) in [5, 5.41) is 4.32. The minimum atomic E-state index is 0.00500. The summed E-state index contributed by atoms with van der Waals surface area (Å²) in [5.41, 5.74) is 7.78. The first-order valence-electron chi connectivity index (χ1n) is 10.1. The number of anilines is 1. The number of nitrogens with two attached hydrogens (primary N) is 1. The Bertz CT molecular complexity index is 833. The Morgan fingerprint density at radius 3 is 2.43 bits per heavy atom. The SMILES string of the molecule is NC1[C@@H]2CC[C@H]1CN(C(=O)c1c(N3CCOCC3)noc1-c1ccccc1)C2. The van der Waals surface area contributed by atoms with Crippen LogP contribution >= 0.6 is 0 Å². The van der Waals surface area contributed by atoms with Crippen molar-refractivity contribution in [3.63, 3.8) is 0 Å². The molecule has 2 aromatic rings. The first-order chi connectivity index (χ1) is 13.7. The average Bonchev–Trinajstić information content (AvgIpc) is 3.25. The van der Waals surface area contributed by atoms with Crippen LogP contribution < -0.4 is 10.6 Å². The van der Waals surface area contributed by atoms with Crippen molar-refractivity contribution in [2.45, 2.75) is 18.9 Å². The number of benzene rings is 1. The number of likely N-dealkylation sites (tertiary alicyclic amines) is 1. The highest BCUT2D eigenvalue weighted by molar-refractivity contribution is 6.04. The van der Waals surface area contributed by atoms with E-state index in [0.29, 0.717) is 55.3 Å². The second-order valence-electron chi connectivity index (χ2n) is 8.06. The van der Waals surface area contributed by atoms with Gasteiger partial charge in [0.05, 0.1) is 13.2 Å². The molecule has 1 aromatic carbocycles. The molecule has 0 spiro atoms. The quantitative estimate of drug-likeness (QED) is 0.874. The molecule has 1 unspecified atom stereocenters. The van der Waals surface area contributed by atoms with Crippen LogP contribution in [-0.4, -0.2) is 61.4 Å². The number of amides is 1. The molecule has 3 atom stereocenters. The van der Waals surface area contributed by atoms with E-state index in [2.05, 4.69) is 10.1 Å². The molecule has 2 saturated heterocycles. The van der Waals surface area contributed by atoms with Gasteiger partial charge in [-0.3, -0.25) is 4.79 Å². The lowest BCUT2D eigenvalue weighted by Gasteiger charge is -2.36. The van der Waals surface area contributed by atoms with Gasteiger partial charge in [0.15, 0.2) is 11.6 Å². The molecule has 2 N–H and O–H groups in total. The summed E-state index contributed by atoms with van der Waals surface area (Å²) in [5.74, 6) is 1.98. The molecule has 1 saturated carbocycles. The number of hydrogen-bond donors (Lipinski definition) is 1. The summed E-state index contributed by atoms with van der Waals surface area (Å²) in [6.07, 6.45) is 2.22. The van der Waals surface area contributed by atoms with Crippen LogP contribution in [0.1, 0.15) is 23.2 Å². The van der Waals surface area contributed by atoms with Crippen LogP contribution in [-0.2, 0) is 4.74 Å². The number of nitrogens with zero attached hydrogens (tertiary/aromatic N) is 3. The predicted molar refractivity (Wildman–Crippen MR) is 105 cm³/mol. The van der Waals surface area contributed by atoms with Crippen LogP contribution in [0.4, 0.5) is 5.82 Å². The van der Waals surface area contributed by atoms with Gasteiger partial charge in [-0.15, -0.1) is 0 Å². The first kappa shape index (κ1) is 17.7. The second kappa shape index (κ2) is 7.22. The fourth-order valence-corrected chi connectivity index (χ4v) is 4.84. The fourth-order valence-electron chi connectivity index (χ4n) is 4.84. The van der Waals surface area contributed by atoms with E-state index in [4.69, 9.17) is 15.0 Å². The van der Waals surface area contributed by atoms with E-state index in [1.807, 2.05) is 35.2 Å². The van der Waals surface area contributed by atoms with Crippen molar-refractivity contribution < 1.29 is 14.1 Å². The molecule has 1 aromatic heterocycles. The van der Waals surface area contributed by atoms with E-state index < -0.39 is 0 Å². The Balaban J connectivity index is 1.52. The number of piperidine rings is 1. The zero-order chi connectivity index (χ0) is 19.1. The number of carbonyl (C=O) groups excluding carboxylic acids is 1. The van der Waals surface area contributed by atoms with Gasteiger partial charge in [0.25, 0.3) is 5.91 Å². The van der Waals surface area contributed by atoms with Crippen LogP contribution in [0.25, 0.3) is 11.3 Å². The average molecular weight is 382 g/mol. The lowest BCUT2D eigenvalue weighted by Crippen LogP contribution is -2.51. The molecule has 5 rings (SSSR count). The molecule has 2 bridgehead atoms. The maximum atomic E-state index is 13.7. The molecular weight excluding hydrogens is 356 g/mol. The number of rotatable bonds is 3. The van der Waals surface area contributed by atoms with E-state index in [-0.39, 0.29) is 11.9 Å². The normalized spacial score (nSPS) is 27.2. The maximum absolute atomic E-state index is 13.7. The fraction of sp³-hybridized carbons (Fsp3) is 0.524. The van der Waals surface area contributed by atoms with Gasteiger partial charge in [-0.2, -0.15) is 0 Å². The van der Waals surface area contributed by atoms with Crippen LogP contribution in [0.2, 0.25) is 0 Å². The van der Waals surface area contributed by atoms with Gasteiger partial charge in [-0.25, -0.2) is 0 Å². The van der Waals surface area contributed by atoms with Crippen molar-refractivity contribution in [2.75, 3.05) is 44.3 Å². The highest BCUT2D eigenvalue weighted by atomic mass is 16.5. The van der Waals surface area contributed by atoms with Crippen molar-refractivity contribution in [3.05, 3.63) is 35.9 Å². The van der Waals surface area contributed by atoms with E-state index in [1.54, 1.807) is 0 Å². The summed E-state index contributed by atoms with van der Waals surface area (Å²) < 4.78 is 11.2. The molecule has 1 aliphatic carbocycles. The van der Waals surface area contributed by atoms with Crippen molar-refractivity contribution >= 4 is 11.7 Å². The Morgan fingerprint density at radius 2 is 1.75 bits per heavy atom. The zero-order valence-corrected chi connectivity index (χ0v) is 15.9. The molecule has 1 amide bonds. The maximum Gasteiger partial charge on any atom is 0.261 e. The molecule has 28 heavy (non-hydrogen) atoms. The molecule has 3 fully saturated rings. The summed E-state index contributed by atoms with van der Waals surface area (Å²) in [6, 6.07) is 9.97. The summed E-state index contributed by atoms with van der Waals surface area (Å²) >= 11 is 0. The highest BCUT2D eigenvalue weighted by Gasteiger charge is 2.43. The number of ether oxygens (including phenoxy) is 1.